The topological polar surface area (TPSA) is 128 Å². The first-order valence-electron chi connectivity index (χ1n) is 8.34. The molecular formula is C19H19N3O6. The maximum Gasteiger partial charge on any atom is 0.328 e. The first-order chi connectivity index (χ1) is 13.4. The van der Waals surface area contributed by atoms with Crippen LogP contribution in [0.4, 0.5) is 5.69 Å². The zero-order chi connectivity index (χ0) is 20.5. The van der Waals surface area contributed by atoms with Gasteiger partial charge in [-0.2, -0.15) is 0 Å². The molecule has 0 aromatic heterocycles. The Hall–Kier alpha value is -3.75. The van der Waals surface area contributed by atoms with Crippen molar-refractivity contribution in [2.75, 3.05) is 13.7 Å². The van der Waals surface area contributed by atoms with Gasteiger partial charge >= 0.3 is 5.97 Å². The first kappa shape index (κ1) is 20.6. The van der Waals surface area contributed by atoms with Gasteiger partial charge in [0.25, 0.3) is 11.6 Å². The number of ether oxygens (including phenoxy) is 1. The van der Waals surface area contributed by atoms with Crippen molar-refractivity contribution in [3.63, 3.8) is 0 Å². The third kappa shape index (κ3) is 5.90. The predicted molar refractivity (Wildman–Crippen MR) is 99.5 cm³/mol. The van der Waals surface area contributed by atoms with E-state index in [9.17, 15) is 24.5 Å². The number of carbonyl (C=O) groups excluding carboxylic acids is 3. The van der Waals surface area contributed by atoms with Gasteiger partial charge in [0.05, 0.1) is 18.6 Å². The van der Waals surface area contributed by atoms with Gasteiger partial charge in [-0.3, -0.25) is 19.7 Å². The second-order valence-electron chi connectivity index (χ2n) is 5.82. The molecular weight excluding hydrogens is 366 g/mol. The van der Waals surface area contributed by atoms with Crippen molar-refractivity contribution < 1.29 is 24.0 Å². The summed E-state index contributed by atoms with van der Waals surface area (Å²) in [5.74, 6) is -1.65. The molecule has 1 atom stereocenters. The molecule has 0 unspecified atom stereocenters. The van der Waals surface area contributed by atoms with Crippen molar-refractivity contribution in [1.82, 2.24) is 10.6 Å². The molecule has 9 nitrogen and oxygen atoms in total. The largest absolute Gasteiger partial charge is 0.467 e. The van der Waals surface area contributed by atoms with Gasteiger partial charge in [0, 0.05) is 24.1 Å². The van der Waals surface area contributed by atoms with E-state index in [1.54, 1.807) is 30.3 Å². The van der Waals surface area contributed by atoms with Crippen LogP contribution in [0.15, 0.2) is 54.6 Å². The third-order valence-electron chi connectivity index (χ3n) is 3.85. The highest BCUT2D eigenvalue weighted by atomic mass is 16.6. The predicted octanol–water partition coefficient (Wildman–Crippen LogP) is 1.23. The van der Waals surface area contributed by atoms with Gasteiger partial charge in [-0.05, 0) is 17.7 Å². The van der Waals surface area contributed by atoms with Gasteiger partial charge in [0.1, 0.15) is 6.04 Å². The lowest BCUT2D eigenvalue weighted by Gasteiger charge is -2.17. The summed E-state index contributed by atoms with van der Waals surface area (Å²) in [7, 11) is 1.19. The molecule has 0 heterocycles. The van der Waals surface area contributed by atoms with Gasteiger partial charge in [-0.15, -0.1) is 0 Å². The molecule has 2 amide bonds. The minimum Gasteiger partial charge on any atom is -0.467 e. The number of non-ortho nitro benzene ring substituents is 1. The monoisotopic (exact) mass is 385 g/mol. The van der Waals surface area contributed by atoms with Crippen molar-refractivity contribution >= 4 is 23.5 Å². The minimum atomic E-state index is -0.993. The molecule has 0 saturated heterocycles. The molecule has 0 saturated carbocycles. The second kappa shape index (κ2) is 9.81. The lowest BCUT2D eigenvalue weighted by molar-refractivity contribution is -0.384. The van der Waals surface area contributed by atoms with Crippen LogP contribution in [0.25, 0.3) is 0 Å². The maximum atomic E-state index is 12.1. The number of nitro groups is 1. The average molecular weight is 385 g/mol. The van der Waals surface area contributed by atoms with Crippen LogP contribution in [0.2, 0.25) is 0 Å². The molecule has 0 aliphatic carbocycles. The molecule has 28 heavy (non-hydrogen) atoms. The van der Waals surface area contributed by atoms with Crippen LogP contribution < -0.4 is 10.6 Å². The summed E-state index contributed by atoms with van der Waals surface area (Å²) < 4.78 is 4.69. The van der Waals surface area contributed by atoms with E-state index in [-0.39, 0.29) is 18.7 Å². The number of nitro benzene ring substituents is 1. The number of esters is 1. The van der Waals surface area contributed by atoms with E-state index in [4.69, 9.17) is 4.74 Å². The first-order valence-corrected chi connectivity index (χ1v) is 8.34. The van der Waals surface area contributed by atoms with E-state index in [2.05, 4.69) is 10.6 Å². The Morgan fingerprint density at radius 1 is 1.07 bits per heavy atom. The fourth-order valence-electron chi connectivity index (χ4n) is 2.42. The molecule has 0 radical (unpaired) electrons. The molecule has 2 aromatic rings. The van der Waals surface area contributed by atoms with Crippen LogP contribution in [0, 0.1) is 10.1 Å². The van der Waals surface area contributed by atoms with Gasteiger partial charge in [-0.1, -0.05) is 30.3 Å². The Morgan fingerprint density at radius 3 is 2.29 bits per heavy atom. The lowest BCUT2D eigenvalue weighted by atomic mass is 10.1. The van der Waals surface area contributed by atoms with Gasteiger partial charge < -0.3 is 15.4 Å². The SMILES string of the molecule is COC(=O)[C@H](Cc1ccc([N+](=O)[O-])cc1)NC(=O)CNC(=O)c1ccccc1. The molecule has 2 rings (SSSR count). The summed E-state index contributed by atoms with van der Waals surface area (Å²) in [5.41, 5.74) is 0.936. The smallest absolute Gasteiger partial charge is 0.328 e. The van der Waals surface area contributed by atoms with Crippen LogP contribution in [0.1, 0.15) is 15.9 Å². The average Bonchev–Trinajstić information content (AvgIpc) is 2.72. The Labute approximate surface area is 160 Å². The third-order valence-corrected chi connectivity index (χ3v) is 3.85. The molecule has 0 aliphatic rings. The number of carbonyl (C=O) groups is 3. The van der Waals surface area contributed by atoms with Gasteiger partial charge in [-0.25, -0.2) is 4.79 Å². The van der Waals surface area contributed by atoms with E-state index in [1.165, 1.54) is 31.4 Å². The van der Waals surface area contributed by atoms with Crippen molar-refractivity contribution in [2.24, 2.45) is 0 Å². The molecule has 146 valence electrons. The van der Waals surface area contributed by atoms with E-state index < -0.39 is 28.7 Å². The number of amides is 2. The molecule has 0 bridgehead atoms. The molecule has 9 heteroatoms. The fourth-order valence-corrected chi connectivity index (χ4v) is 2.42. The zero-order valence-corrected chi connectivity index (χ0v) is 15.1. The van der Waals surface area contributed by atoms with E-state index >= 15 is 0 Å². The number of nitrogens with one attached hydrogen (secondary N) is 2. The van der Waals surface area contributed by atoms with E-state index in [0.717, 1.165) is 0 Å². The van der Waals surface area contributed by atoms with Crippen molar-refractivity contribution in [3.05, 3.63) is 75.8 Å². The summed E-state index contributed by atoms with van der Waals surface area (Å²) in [4.78, 5) is 46.2. The number of hydrogen-bond donors (Lipinski definition) is 2. The van der Waals surface area contributed by atoms with Crippen LogP contribution in [0.3, 0.4) is 0 Å². The number of hydrogen-bond acceptors (Lipinski definition) is 6. The second-order valence-corrected chi connectivity index (χ2v) is 5.82. The van der Waals surface area contributed by atoms with Crippen LogP contribution in [0.5, 0.6) is 0 Å². The molecule has 2 aromatic carbocycles. The summed E-state index contributed by atoms with van der Waals surface area (Å²) in [6.07, 6.45) is 0.0863. The lowest BCUT2D eigenvalue weighted by Crippen LogP contribution is -2.47. The van der Waals surface area contributed by atoms with Crippen molar-refractivity contribution in [2.45, 2.75) is 12.5 Å². The van der Waals surface area contributed by atoms with Crippen LogP contribution in [-0.2, 0) is 20.7 Å². The standard InChI is InChI=1S/C19H19N3O6/c1-28-19(25)16(11-13-7-9-15(10-8-13)22(26)27)21-17(23)12-20-18(24)14-5-3-2-4-6-14/h2-10,16H,11-12H2,1H3,(H,20,24)(H,21,23)/t16-/m0/s1. The van der Waals surface area contributed by atoms with Crippen molar-refractivity contribution in [1.29, 1.82) is 0 Å². The normalized spacial score (nSPS) is 11.2. The molecule has 0 aliphatic heterocycles. The Morgan fingerprint density at radius 2 is 1.71 bits per heavy atom. The maximum absolute atomic E-state index is 12.1. The van der Waals surface area contributed by atoms with Gasteiger partial charge in [0.15, 0.2) is 0 Å². The summed E-state index contributed by atoms with van der Waals surface area (Å²) >= 11 is 0. The van der Waals surface area contributed by atoms with E-state index in [1.807, 2.05) is 0 Å². The Balaban J connectivity index is 1.95. The molecule has 2 N–H and O–H groups in total. The highest BCUT2D eigenvalue weighted by Gasteiger charge is 2.22. The van der Waals surface area contributed by atoms with E-state index in [0.29, 0.717) is 11.1 Å². The fraction of sp³-hybridized carbons (Fsp3) is 0.211. The van der Waals surface area contributed by atoms with Gasteiger partial charge in [0.2, 0.25) is 5.91 Å². The van der Waals surface area contributed by atoms with Crippen molar-refractivity contribution in [3.8, 4) is 0 Å². The van der Waals surface area contributed by atoms with Crippen LogP contribution in [-0.4, -0.2) is 42.4 Å². The summed E-state index contributed by atoms with van der Waals surface area (Å²) in [6.45, 7) is -0.318. The Kier molecular flexibility index (Phi) is 7.21. The highest BCUT2D eigenvalue weighted by molar-refractivity contribution is 5.96. The zero-order valence-electron chi connectivity index (χ0n) is 15.1. The summed E-state index contributed by atoms with van der Waals surface area (Å²) in [6, 6.07) is 13.0. The minimum absolute atomic E-state index is 0.0778. The summed E-state index contributed by atoms with van der Waals surface area (Å²) in [5, 5.41) is 15.7. The quantitative estimate of drug-likeness (QED) is 0.400. The van der Waals surface area contributed by atoms with Crippen LogP contribution >= 0.6 is 0 Å². The highest BCUT2D eigenvalue weighted by Crippen LogP contribution is 2.13. The number of rotatable bonds is 8. The Bertz CT molecular complexity index is 852. The number of benzene rings is 2. The number of nitrogens with zero attached hydrogens (tertiary/aromatic N) is 1. The number of methoxy groups -OCH3 is 1. The molecule has 0 spiro atoms. The molecule has 0 fully saturated rings.